The van der Waals surface area contributed by atoms with Crippen molar-refractivity contribution in [2.75, 3.05) is 27.7 Å². The van der Waals surface area contributed by atoms with Crippen LogP contribution in [0.3, 0.4) is 0 Å². The summed E-state index contributed by atoms with van der Waals surface area (Å²) >= 11 is 0. The lowest BCUT2D eigenvalue weighted by Crippen LogP contribution is -2.29. The van der Waals surface area contributed by atoms with Gasteiger partial charge in [-0.05, 0) is 38.8 Å². The highest BCUT2D eigenvalue weighted by Crippen LogP contribution is 2.19. The number of rotatable bonds is 4. The van der Waals surface area contributed by atoms with Crippen LogP contribution in [0, 0.1) is 0 Å². The van der Waals surface area contributed by atoms with Gasteiger partial charge in [0, 0.05) is 12.6 Å². The average molecular weight is 194 g/mol. The van der Waals surface area contributed by atoms with Gasteiger partial charge < -0.3 is 15.3 Å². The average Bonchev–Trinajstić information content (AvgIpc) is 2.15. The topological polar surface area (TPSA) is 35.5 Å². The molecule has 0 aliphatic carbocycles. The van der Waals surface area contributed by atoms with Crippen molar-refractivity contribution in [1.82, 2.24) is 10.2 Å². The monoisotopic (exact) mass is 194 g/mol. The first-order chi connectivity index (χ1) is 6.65. The molecule has 1 atom stereocenters. The van der Waals surface area contributed by atoms with Crippen molar-refractivity contribution in [2.45, 2.75) is 6.04 Å². The van der Waals surface area contributed by atoms with Crippen LogP contribution in [0.15, 0.2) is 24.3 Å². The van der Waals surface area contributed by atoms with Crippen molar-refractivity contribution >= 4 is 0 Å². The minimum atomic E-state index is 0.315. The molecule has 0 amide bonds. The fourth-order valence-corrected chi connectivity index (χ4v) is 1.49. The molecule has 14 heavy (non-hydrogen) atoms. The van der Waals surface area contributed by atoms with Crippen LogP contribution in [0.25, 0.3) is 0 Å². The summed E-state index contributed by atoms with van der Waals surface area (Å²) in [5, 5.41) is 12.3. The van der Waals surface area contributed by atoms with Gasteiger partial charge in [0.2, 0.25) is 0 Å². The van der Waals surface area contributed by atoms with Crippen molar-refractivity contribution in [2.24, 2.45) is 0 Å². The molecule has 0 aromatic heterocycles. The molecule has 3 nitrogen and oxygen atoms in total. The predicted molar refractivity (Wildman–Crippen MR) is 58.5 cm³/mol. The third kappa shape index (κ3) is 2.72. The number of hydrogen-bond acceptors (Lipinski definition) is 3. The molecule has 1 rings (SSSR count). The molecule has 0 fully saturated rings. The van der Waals surface area contributed by atoms with Crippen LogP contribution >= 0.6 is 0 Å². The van der Waals surface area contributed by atoms with Crippen molar-refractivity contribution in [3.8, 4) is 5.75 Å². The molecule has 1 aromatic carbocycles. The van der Waals surface area contributed by atoms with Gasteiger partial charge in [0.15, 0.2) is 0 Å². The zero-order valence-electron chi connectivity index (χ0n) is 8.99. The summed E-state index contributed by atoms with van der Waals surface area (Å²) in [6.07, 6.45) is 0. The molecule has 2 N–H and O–H groups in total. The van der Waals surface area contributed by atoms with E-state index in [9.17, 15) is 5.11 Å². The summed E-state index contributed by atoms with van der Waals surface area (Å²) in [5.41, 5.74) is 1.21. The lowest BCUT2D eigenvalue weighted by Gasteiger charge is -2.24. The van der Waals surface area contributed by atoms with Crippen molar-refractivity contribution in [3.05, 3.63) is 29.8 Å². The molecule has 0 aliphatic rings. The van der Waals surface area contributed by atoms with E-state index in [1.54, 1.807) is 12.1 Å². The Kier molecular flexibility index (Phi) is 3.92. The standard InChI is InChI=1S/C11H18N2O/c1-12-8-11(13(2)3)9-4-6-10(14)7-5-9/h4-7,11-12,14H,8H2,1-3H3. The molecule has 0 spiro atoms. The molecule has 0 bridgehead atoms. The first-order valence-corrected chi connectivity index (χ1v) is 4.75. The molecule has 0 radical (unpaired) electrons. The van der Waals surface area contributed by atoms with Gasteiger partial charge in [-0.3, -0.25) is 0 Å². The SMILES string of the molecule is CNCC(c1ccc(O)cc1)N(C)C. The maximum atomic E-state index is 9.18. The van der Waals surface area contributed by atoms with Gasteiger partial charge in [0.1, 0.15) is 5.75 Å². The Bertz CT molecular complexity index is 269. The molecule has 78 valence electrons. The highest BCUT2D eigenvalue weighted by atomic mass is 16.3. The molecule has 0 aliphatic heterocycles. The molecule has 0 saturated carbocycles. The zero-order chi connectivity index (χ0) is 10.6. The number of phenols is 1. The van der Waals surface area contributed by atoms with Crippen LogP contribution in [0.1, 0.15) is 11.6 Å². The lowest BCUT2D eigenvalue weighted by molar-refractivity contribution is 0.293. The number of nitrogens with one attached hydrogen (secondary N) is 1. The third-order valence-electron chi connectivity index (χ3n) is 2.30. The Hall–Kier alpha value is -1.06. The highest BCUT2D eigenvalue weighted by Gasteiger charge is 2.12. The van der Waals surface area contributed by atoms with E-state index in [1.807, 2.05) is 19.2 Å². The highest BCUT2D eigenvalue weighted by molar-refractivity contribution is 5.28. The quantitative estimate of drug-likeness (QED) is 0.756. The van der Waals surface area contributed by atoms with Crippen LogP contribution in [0.4, 0.5) is 0 Å². The van der Waals surface area contributed by atoms with E-state index in [0.29, 0.717) is 11.8 Å². The second-order valence-electron chi connectivity index (χ2n) is 3.63. The Balaban J connectivity index is 2.82. The molecule has 1 unspecified atom stereocenters. The normalized spacial score (nSPS) is 13.1. The first kappa shape index (κ1) is 11.0. The van der Waals surface area contributed by atoms with E-state index in [4.69, 9.17) is 0 Å². The van der Waals surface area contributed by atoms with Crippen LogP contribution in [0.5, 0.6) is 5.75 Å². The first-order valence-electron chi connectivity index (χ1n) is 4.75. The van der Waals surface area contributed by atoms with Gasteiger partial charge in [-0.1, -0.05) is 12.1 Å². The van der Waals surface area contributed by atoms with E-state index in [2.05, 4.69) is 24.3 Å². The number of hydrogen-bond donors (Lipinski definition) is 2. The molecule has 0 heterocycles. The summed E-state index contributed by atoms with van der Waals surface area (Å²) in [5.74, 6) is 0.315. The maximum absolute atomic E-state index is 9.18. The predicted octanol–water partition coefficient (Wildman–Crippen LogP) is 1.21. The van der Waals surface area contributed by atoms with E-state index >= 15 is 0 Å². The Morgan fingerprint density at radius 3 is 2.29 bits per heavy atom. The molecular formula is C11H18N2O. The van der Waals surface area contributed by atoms with Crippen molar-refractivity contribution < 1.29 is 5.11 Å². The summed E-state index contributed by atoms with van der Waals surface area (Å²) in [6.45, 7) is 0.901. The van der Waals surface area contributed by atoms with Gasteiger partial charge in [-0.15, -0.1) is 0 Å². The Morgan fingerprint density at radius 1 is 1.29 bits per heavy atom. The number of benzene rings is 1. The summed E-state index contributed by atoms with van der Waals surface area (Å²) in [7, 11) is 6.04. The van der Waals surface area contributed by atoms with E-state index in [-0.39, 0.29) is 0 Å². The Morgan fingerprint density at radius 2 is 1.86 bits per heavy atom. The van der Waals surface area contributed by atoms with Gasteiger partial charge in [-0.25, -0.2) is 0 Å². The second-order valence-corrected chi connectivity index (χ2v) is 3.63. The summed E-state index contributed by atoms with van der Waals surface area (Å²) < 4.78 is 0. The number of aromatic hydroxyl groups is 1. The van der Waals surface area contributed by atoms with Crippen LogP contribution in [-0.4, -0.2) is 37.7 Å². The summed E-state index contributed by atoms with van der Waals surface area (Å²) in [6, 6.07) is 7.71. The molecular weight excluding hydrogens is 176 g/mol. The molecule has 0 saturated heterocycles. The van der Waals surface area contributed by atoms with Gasteiger partial charge in [-0.2, -0.15) is 0 Å². The maximum Gasteiger partial charge on any atom is 0.115 e. The van der Waals surface area contributed by atoms with E-state index in [0.717, 1.165) is 6.54 Å². The number of phenolic OH excluding ortho intramolecular Hbond substituents is 1. The van der Waals surface area contributed by atoms with Crippen molar-refractivity contribution in [1.29, 1.82) is 0 Å². The van der Waals surface area contributed by atoms with E-state index in [1.165, 1.54) is 5.56 Å². The summed E-state index contributed by atoms with van der Waals surface area (Å²) in [4.78, 5) is 2.16. The van der Waals surface area contributed by atoms with Crippen molar-refractivity contribution in [3.63, 3.8) is 0 Å². The minimum Gasteiger partial charge on any atom is -0.508 e. The zero-order valence-corrected chi connectivity index (χ0v) is 8.99. The third-order valence-corrected chi connectivity index (χ3v) is 2.30. The fraction of sp³-hybridized carbons (Fsp3) is 0.455. The number of nitrogens with zero attached hydrogens (tertiary/aromatic N) is 1. The number of likely N-dealkylation sites (N-methyl/N-ethyl adjacent to an activating group) is 2. The lowest BCUT2D eigenvalue weighted by atomic mass is 10.1. The van der Waals surface area contributed by atoms with Crippen LogP contribution in [0.2, 0.25) is 0 Å². The van der Waals surface area contributed by atoms with E-state index < -0.39 is 0 Å². The van der Waals surface area contributed by atoms with Crippen LogP contribution in [-0.2, 0) is 0 Å². The van der Waals surface area contributed by atoms with Gasteiger partial charge >= 0.3 is 0 Å². The molecule has 1 aromatic rings. The Labute approximate surface area is 85.4 Å². The fourth-order valence-electron chi connectivity index (χ4n) is 1.49. The van der Waals surface area contributed by atoms with Crippen LogP contribution < -0.4 is 5.32 Å². The minimum absolute atomic E-state index is 0.315. The smallest absolute Gasteiger partial charge is 0.115 e. The van der Waals surface area contributed by atoms with Gasteiger partial charge in [0.25, 0.3) is 0 Å². The second kappa shape index (κ2) is 4.98. The molecule has 3 heteroatoms. The van der Waals surface area contributed by atoms with Gasteiger partial charge in [0.05, 0.1) is 0 Å². The largest absolute Gasteiger partial charge is 0.508 e.